The Bertz CT molecular complexity index is 1140. The third-order valence-corrected chi connectivity index (χ3v) is 5.44. The van der Waals surface area contributed by atoms with Crippen molar-refractivity contribution in [3.63, 3.8) is 0 Å². The van der Waals surface area contributed by atoms with E-state index in [0.29, 0.717) is 11.6 Å². The van der Waals surface area contributed by atoms with Gasteiger partial charge in [0.1, 0.15) is 6.10 Å². The van der Waals surface area contributed by atoms with E-state index in [2.05, 4.69) is 20.8 Å². The Morgan fingerprint density at radius 3 is 2.33 bits per heavy atom. The molecule has 1 heterocycles. The molecule has 0 unspecified atom stereocenters. The van der Waals surface area contributed by atoms with Gasteiger partial charge in [-0.05, 0) is 61.4 Å². The molecule has 0 radical (unpaired) electrons. The maximum atomic E-state index is 13.3. The summed E-state index contributed by atoms with van der Waals surface area (Å²) in [5.41, 5.74) is 1.91. The van der Waals surface area contributed by atoms with Gasteiger partial charge in [-0.15, -0.1) is 5.10 Å². The van der Waals surface area contributed by atoms with Gasteiger partial charge in [0.15, 0.2) is 11.6 Å². The first kappa shape index (κ1) is 22.4. The van der Waals surface area contributed by atoms with Crippen LogP contribution in [-0.4, -0.2) is 28.2 Å². The molecule has 0 bridgehead atoms. The molecule has 8 nitrogen and oxygen atoms in total. The second-order valence-corrected chi connectivity index (χ2v) is 7.83. The second-order valence-electron chi connectivity index (χ2n) is 7.83. The van der Waals surface area contributed by atoms with Gasteiger partial charge in [-0.25, -0.2) is 8.78 Å². The lowest BCUT2D eigenvalue weighted by molar-refractivity contribution is -0.147. The van der Waals surface area contributed by atoms with Crippen LogP contribution in [0.2, 0.25) is 0 Å². The zero-order valence-corrected chi connectivity index (χ0v) is 17.8. The van der Waals surface area contributed by atoms with Crippen LogP contribution in [0.5, 0.6) is 0 Å². The monoisotopic (exact) mass is 456 g/mol. The lowest BCUT2D eigenvalue weighted by Crippen LogP contribution is -2.22. The zero-order chi connectivity index (χ0) is 23.4. The molecule has 0 atom stereocenters. The Kier molecular flexibility index (Phi) is 6.62. The highest BCUT2D eigenvalue weighted by Gasteiger charge is 2.24. The van der Waals surface area contributed by atoms with E-state index in [0.717, 1.165) is 43.4 Å². The molecule has 2 aromatic carbocycles. The first-order chi connectivity index (χ1) is 15.9. The third kappa shape index (κ3) is 5.71. The van der Waals surface area contributed by atoms with Gasteiger partial charge in [0.25, 0.3) is 0 Å². The van der Waals surface area contributed by atoms with Crippen LogP contribution in [-0.2, 0) is 9.53 Å². The average Bonchev–Trinajstić information content (AvgIpc) is 3.26. The first-order valence-electron chi connectivity index (χ1n) is 10.5. The van der Waals surface area contributed by atoms with Gasteiger partial charge < -0.3 is 19.8 Å². The van der Waals surface area contributed by atoms with Crippen LogP contribution in [0.15, 0.2) is 46.9 Å². The number of carbonyl (C=O) groups excluding carboxylic acids is 2. The molecule has 172 valence electrons. The van der Waals surface area contributed by atoms with Gasteiger partial charge in [0.2, 0.25) is 0 Å². The topological polar surface area (TPSA) is 106 Å². The minimum absolute atomic E-state index is 0.00632. The average molecular weight is 456 g/mol. The summed E-state index contributed by atoms with van der Waals surface area (Å²) >= 11 is 0. The summed E-state index contributed by atoms with van der Waals surface area (Å²) in [5, 5.41) is 12.7. The van der Waals surface area contributed by atoms with E-state index in [1.807, 2.05) is 12.1 Å². The van der Waals surface area contributed by atoms with E-state index in [1.54, 1.807) is 12.1 Å². The Hall–Kier alpha value is -3.82. The number of esters is 1. The first-order valence-corrected chi connectivity index (χ1v) is 10.5. The molecule has 1 aliphatic carbocycles. The quantitative estimate of drug-likeness (QED) is 0.507. The molecule has 0 aliphatic heterocycles. The summed E-state index contributed by atoms with van der Waals surface area (Å²) in [6.45, 7) is 1.43. The molecule has 4 rings (SSSR count). The summed E-state index contributed by atoms with van der Waals surface area (Å²) in [5.74, 6) is -2.76. The summed E-state index contributed by atoms with van der Waals surface area (Å²) < 4.78 is 36.9. The minimum Gasteiger partial charge on any atom is -0.463 e. The largest absolute Gasteiger partial charge is 0.463 e. The summed E-state index contributed by atoms with van der Waals surface area (Å²) in [4.78, 5) is 23.5. The number of nitrogens with one attached hydrogen (secondary N) is 2. The molecule has 0 spiro atoms. The van der Waals surface area contributed by atoms with E-state index in [-0.39, 0.29) is 29.7 Å². The SMILES string of the molecule is CC(=O)OC1CCC(c2ccc(NC(=O)c3nnc(Nc4ccc(F)c(F)c4)o3)cc2)CC1. The van der Waals surface area contributed by atoms with Crippen LogP contribution in [0.25, 0.3) is 0 Å². The van der Waals surface area contributed by atoms with Crippen molar-refractivity contribution < 1.29 is 27.5 Å². The predicted octanol–water partition coefficient (Wildman–Crippen LogP) is 4.93. The van der Waals surface area contributed by atoms with Crippen molar-refractivity contribution in [2.75, 3.05) is 10.6 Å². The predicted molar refractivity (Wildman–Crippen MR) is 115 cm³/mol. The molecule has 33 heavy (non-hydrogen) atoms. The van der Waals surface area contributed by atoms with Crippen molar-refractivity contribution >= 4 is 29.3 Å². The van der Waals surface area contributed by atoms with Gasteiger partial charge >= 0.3 is 23.8 Å². The Morgan fingerprint density at radius 1 is 0.970 bits per heavy atom. The highest BCUT2D eigenvalue weighted by atomic mass is 19.2. The normalized spacial score (nSPS) is 17.9. The van der Waals surface area contributed by atoms with Crippen molar-refractivity contribution in [3.8, 4) is 0 Å². The molecule has 1 aliphatic rings. The van der Waals surface area contributed by atoms with Crippen molar-refractivity contribution in [1.82, 2.24) is 10.2 Å². The Labute approximate surface area is 188 Å². The number of anilines is 3. The second kappa shape index (κ2) is 9.76. The van der Waals surface area contributed by atoms with Gasteiger partial charge in [0, 0.05) is 24.4 Å². The molecule has 1 fully saturated rings. The van der Waals surface area contributed by atoms with Crippen LogP contribution in [0.1, 0.15) is 54.8 Å². The smallest absolute Gasteiger partial charge is 0.320 e. The fraction of sp³-hybridized carbons (Fsp3) is 0.304. The van der Waals surface area contributed by atoms with E-state index in [1.165, 1.54) is 13.0 Å². The standard InChI is InChI=1S/C23H22F2N4O4/c1-13(30)32-18-9-4-15(5-10-18)14-2-6-16(7-3-14)26-21(31)22-28-29-23(33-22)27-17-8-11-19(24)20(25)12-17/h2-3,6-8,11-12,15,18H,4-5,9-10H2,1H3,(H,26,31)(H,27,29). The highest BCUT2D eigenvalue weighted by Crippen LogP contribution is 2.34. The van der Waals surface area contributed by atoms with E-state index in [4.69, 9.17) is 9.15 Å². The molecule has 0 saturated heterocycles. The highest BCUT2D eigenvalue weighted by molar-refractivity contribution is 6.00. The van der Waals surface area contributed by atoms with Crippen molar-refractivity contribution in [2.45, 2.75) is 44.6 Å². The number of hydrogen-bond donors (Lipinski definition) is 2. The molecule has 1 amide bonds. The number of carbonyl (C=O) groups is 2. The molecule has 1 saturated carbocycles. The number of hydrogen-bond acceptors (Lipinski definition) is 7. The summed E-state index contributed by atoms with van der Waals surface area (Å²) in [6.07, 6.45) is 3.52. The molecule has 3 aromatic rings. The number of nitrogens with zero attached hydrogens (tertiary/aromatic N) is 2. The Balaban J connectivity index is 1.32. The maximum absolute atomic E-state index is 13.3. The summed E-state index contributed by atoms with van der Waals surface area (Å²) in [6, 6.07) is 10.6. The number of benzene rings is 2. The molecular formula is C23H22F2N4O4. The van der Waals surface area contributed by atoms with Crippen LogP contribution < -0.4 is 10.6 Å². The number of aromatic nitrogens is 2. The molecule has 2 N–H and O–H groups in total. The molecule has 10 heteroatoms. The van der Waals surface area contributed by atoms with Gasteiger partial charge in [-0.3, -0.25) is 9.59 Å². The number of halogens is 2. The van der Waals surface area contributed by atoms with E-state index in [9.17, 15) is 18.4 Å². The van der Waals surface area contributed by atoms with Crippen LogP contribution in [0, 0.1) is 11.6 Å². The minimum atomic E-state index is -1.03. The van der Waals surface area contributed by atoms with E-state index < -0.39 is 17.5 Å². The van der Waals surface area contributed by atoms with Crippen molar-refractivity contribution in [3.05, 3.63) is 65.6 Å². The zero-order valence-electron chi connectivity index (χ0n) is 17.8. The molecule has 1 aromatic heterocycles. The van der Waals surface area contributed by atoms with Gasteiger partial charge in [-0.1, -0.05) is 17.2 Å². The fourth-order valence-electron chi connectivity index (χ4n) is 3.83. The van der Waals surface area contributed by atoms with Gasteiger partial charge in [0.05, 0.1) is 0 Å². The number of rotatable bonds is 6. The van der Waals surface area contributed by atoms with Crippen LogP contribution >= 0.6 is 0 Å². The number of ether oxygens (including phenoxy) is 1. The van der Waals surface area contributed by atoms with Gasteiger partial charge in [-0.2, -0.15) is 0 Å². The third-order valence-electron chi connectivity index (χ3n) is 5.44. The lowest BCUT2D eigenvalue weighted by atomic mass is 9.82. The Morgan fingerprint density at radius 2 is 1.67 bits per heavy atom. The fourth-order valence-corrected chi connectivity index (χ4v) is 3.83. The number of amides is 1. The lowest BCUT2D eigenvalue weighted by Gasteiger charge is -2.28. The summed E-state index contributed by atoms with van der Waals surface area (Å²) in [7, 11) is 0. The van der Waals surface area contributed by atoms with Crippen LogP contribution in [0.3, 0.4) is 0 Å². The van der Waals surface area contributed by atoms with Crippen molar-refractivity contribution in [2.24, 2.45) is 0 Å². The van der Waals surface area contributed by atoms with Crippen molar-refractivity contribution in [1.29, 1.82) is 0 Å². The van der Waals surface area contributed by atoms with E-state index >= 15 is 0 Å². The molecular weight excluding hydrogens is 434 g/mol. The van der Waals surface area contributed by atoms with Crippen LogP contribution in [0.4, 0.5) is 26.2 Å². The maximum Gasteiger partial charge on any atom is 0.320 e.